The van der Waals surface area contributed by atoms with Crippen LogP contribution in [0.1, 0.15) is 64.0 Å². The summed E-state index contributed by atoms with van der Waals surface area (Å²) >= 11 is 0. The Balaban J connectivity index is 1.43. The number of benzene rings is 2. The van der Waals surface area contributed by atoms with E-state index in [1.54, 1.807) is 20.8 Å². The van der Waals surface area contributed by atoms with Gasteiger partial charge in [-0.25, -0.2) is 14.4 Å². The summed E-state index contributed by atoms with van der Waals surface area (Å²) in [6.45, 7) is 4.13. The summed E-state index contributed by atoms with van der Waals surface area (Å²) < 4.78 is 15.6. The molecule has 3 rings (SSSR count). The Kier molecular flexibility index (Phi) is 17.0. The van der Waals surface area contributed by atoms with Gasteiger partial charge in [-0.05, 0) is 56.4 Å². The zero-order valence-electron chi connectivity index (χ0n) is 32.5. The van der Waals surface area contributed by atoms with Crippen LogP contribution >= 0.6 is 0 Å². The predicted molar refractivity (Wildman–Crippen MR) is 203 cm³/mol. The van der Waals surface area contributed by atoms with Crippen molar-refractivity contribution in [2.75, 3.05) is 32.8 Å². The highest BCUT2D eigenvalue weighted by molar-refractivity contribution is 5.93. The predicted octanol–water partition coefficient (Wildman–Crippen LogP) is -0.0763. The lowest BCUT2D eigenvalue weighted by Gasteiger charge is -2.24. The van der Waals surface area contributed by atoms with E-state index in [4.69, 9.17) is 19.9 Å². The number of rotatable bonds is 20. The van der Waals surface area contributed by atoms with Crippen molar-refractivity contribution >= 4 is 53.7 Å². The second-order valence-corrected chi connectivity index (χ2v) is 14.1. The van der Waals surface area contributed by atoms with Crippen molar-refractivity contribution in [2.24, 2.45) is 5.73 Å². The Morgan fingerprint density at radius 3 is 1.91 bits per heavy atom. The number of carboxylic acid groups (broad SMARTS) is 1. The molecule has 2 aromatic carbocycles. The summed E-state index contributed by atoms with van der Waals surface area (Å²) in [7, 11) is 0. The monoisotopic (exact) mass is 811 g/mol. The average molecular weight is 812 g/mol. The van der Waals surface area contributed by atoms with Crippen LogP contribution in [-0.2, 0) is 47.8 Å². The largest absolute Gasteiger partial charge is 0.480 e. The molecule has 3 atom stereocenters. The minimum atomic E-state index is -1.48. The highest BCUT2D eigenvalue weighted by Gasteiger charge is 2.31. The van der Waals surface area contributed by atoms with Crippen LogP contribution in [0.3, 0.4) is 0 Å². The highest BCUT2D eigenvalue weighted by Crippen LogP contribution is 2.44. The van der Waals surface area contributed by atoms with Crippen LogP contribution in [0.2, 0.25) is 0 Å². The molecule has 1 aliphatic rings. The van der Waals surface area contributed by atoms with E-state index in [1.165, 1.54) is 6.92 Å². The van der Waals surface area contributed by atoms with E-state index >= 15 is 0 Å². The van der Waals surface area contributed by atoms with Gasteiger partial charge in [0.1, 0.15) is 36.9 Å². The van der Waals surface area contributed by atoms with Gasteiger partial charge in [-0.2, -0.15) is 0 Å². The average Bonchev–Trinajstić information content (AvgIpc) is 3.47. The Bertz CT molecular complexity index is 1820. The number of nitrogens with one attached hydrogen (secondary N) is 6. The summed E-state index contributed by atoms with van der Waals surface area (Å²) in [5, 5.41) is 23.4. The van der Waals surface area contributed by atoms with Gasteiger partial charge in [-0.1, -0.05) is 48.5 Å². The molecular weight excluding hydrogens is 762 g/mol. The molecule has 58 heavy (non-hydrogen) atoms. The molecule has 0 fully saturated rings. The molecular formula is C38H49N7O13. The Labute approximate surface area is 333 Å². The summed E-state index contributed by atoms with van der Waals surface area (Å²) in [6, 6.07) is 11.3. The molecule has 0 bridgehead atoms. The van der Waals surface area contributed by atoms with Gasteiger partial charge < -0.3 is 57.0 Å². The Morgan fingerprint density at radius 2 is 1.33 bits per heavy atom. The molecule has 314 valence electrons. The summed E-state index contributed by atoms with van der Waals surface area (Å²) in [6.07, 6.45) is -3.13. The zero-order valence-corrected chi connectivity index (χ0v) is 32.5. The lowest BCUT2D eigenvalue weighted by Crippen LogP contribution is -2.57. The molecule has 0 spiro atoms. The van der Waals surface area contributed by atoms with Crippen LogP contribution < -0.4 is 37.6 Å². The van der Waals surface area contributed by atoms with E-state index < -0.39 is 110 Å². The summed E-state index contributed by atoms with van der Waals surface area (Å²) in [5.41, 5.74) is 8.00. The molecule has 1 aliphatic carbocycles. The van der Waals surface area contributed by atoms with E-state index in [1.807, 2.05) is 48.5 Å². The van der Waals surface area contributed by atoms with Gasteiger partial charge in [0, 0.05) is 18.9 Å². The number of carboxylic acids is 1. The minimum Gasteiger partial charge on any atom is -0.480 e. The molecule has 0 saturated heterocycles. The third kappa shape index (κ3) is 15.1. The summed E-state index contributed by atoms with van der Waals surface area (Å²) in [5.74, 6) is -6.40. The maximum atomic E-state index is 13.0. The molecule has 0 radical (unpaired) electrons. The minimum absolute atomic E-state index is 0.0435. The van der Waals surface area contributed by atoms with Crippen molar-refractivity contribution in [2.45, 2.75) is 76.6 Å². The van der Waals surface area contributed by atoms with Gasteiger partial charge in [-0.15, -0.1) is 0 Å². The molecule has 9 N–H and O–H groups in total. The first-order valence-electron chi connectivity index (χ1n) is 18.2. The highest BCUT2D eigenvalue weighted by atomic mass is 16.6. The smallest absolute Gasteiger partial charge is 0.408 e. The standard InChI is InChI=1S/C38H49N7O13/c1-21(33(50)42-19-31(48)41-18-29(39)46)43-34(51)28(45-37(55)58-38(2,3)4)17-40-30(47)15-16-56-32(49)14-13-27(35(52)53)44-36(54)57-20-26-24-11-7-5-9-22(24)23-10-6-8-12-25(23)26/h5-12,21,26-28H,13-20H2,1-4H3,(H2,39,46)(H,40,47)(H,41,48)(H,42,50)(H,43,51)(H,44,54)(H,45,55)(H,52,53)/t21-,27-,28-/m0/s1. The fraction of sp³-hybridized carbons (Fsp3) is 0.447. The fourth-order valence-corrected chi connectivity index (χ4v) is 5.54. The van der Waals surface area contributed by atoms with Crippen molar-refractivity contribution in [3.63, 3.8) is 0 Å². The number of nitrogens with two attached hydrogens (primary N) is 1. The maximum Gasteiger partial charge on any atom is 0.408 e. The van der Waals surface area contributed by atoms with E-state index in [-0.39, 0.29) is 25.4 Å². The normalized spacial score (nSPS) is 13.2. The second kappa shape index (κ2) is 21.5. The maximum absolute atomic E-state index is 13.0. The topological polar surface area (TPSA) is 300 Å². The summed E-state index contributed by atoms with van der Waals surface area (Å²) in [4.78, 5) is 110. The lowest BCUT2D eigenvalue weighted by atomic mass is 9.98. The van der Waals surface area contributed by atoms with Crippen LogP contribution in [0.15, 0.2) is 48.5 Å². The first-order valence-corrected chi connectivity index (χ1v) is 18.2. The molecule has 0 aliphatic heterocycles. The first-order chi connectivity index (χ1) is 27.3. The lowest BCUT2D eigenvalue weighted by molar-refractivity contribution is -0.145. The van der Waals surface area contributed by atoms with Crippen molar-refractivity contribution in [1.29, 1.82) is 0 Å². The molecule has 0 unspecified atom stereocenters. The number of aliphatic carboxylic acids is 1. The third-order valence-electron chi connectivity index (χ3n) is 8.31. The quantitative estimate of drug-likeness (QED) is 0.0642. The molecule has 0 heterocycles. The SMILES string of the molecule is C[C@H](NC(=O)[C@H](CNC(=O)CCOC(=O)CC[C@H](NC(=O)OCC1c2ccccc2-c2ccccc21)C(=O)O)NC(=O)OC(C)(C)C)C(=O)NCC(=O)NCC(N)=O. The third-order valence-corrected chi connectivity index (χ3v) is 8.31. The van der Waals surface area contributed by atoms with Gasteiger partial charge >= 0.3 is 24.1 Å². The van der Waals surface area contributed by atoms with Crippen LogP contribution in [-0.4, -0.2) is 115 Å². The van der Waals surface area contributed by atoms with Gasteiger partial charge in [0.25, 0.3) is 0 Å². The van der Waals surface area contributed by atoms with E-state index in [9.17, 15) is 48.3 Å². The number of ether oxygens (including phenoxy) is 3. The number of hydrogen-bond donors (Lipinski definition) is 8. The van der Waals surface area contributed by atoms with E-state index in [2.05, 4.69) is 31.9 Å². The Hall–Kier alpha value is -6.73. The first kappa shape index (κ1) is 45.7. The van der Waals surface area contributed by atoms with E-state index in [0.717, 1.165) is 22.3 Å². The number of carbonyl (C=O) groups excluding carboxylic acids is 8. The second-order valence-electron chi connectivity index (χ2n) is 14.1. The fourth-order valence-electron chi connectivity index (χ4n) is 5.54. The van der Waals surface area contributed by atoms with Crippen LogP contribution in [0.4, 0.5) is 9.59 Å². The van der Waals surface area contributed by atoms with Gasteiger partial charge in [0.05, 0.1) is 19.5 Å². The number of hydrogen-bond acceptors (Lipinski definition) is 12. The number of amides is 7. The molecule has 0 aromatic heterocycles. The molecule has 20 heteroatoms. The number of alkyl carbamates (subject to hydrolysis) is 2. The number of carbonyl (C=O) groups is 9. The Morgan fingerprint density at radius 1 is 0.724 bits per heavy atom. The molecule has 20 nitrogen and oxygen atoms in total. The van der Waals surface area contributed by atoms with Crippen molar-refractivity contribution in [3.05, 3.63) is 59.7 Å². The molecule has 2 aromatic rings. The van der Waals surface area contributed by atoms with Gasteiger partial charge in [0.15, 0.2) is 0 Å². The molecule has 7 amide bonds. The van der Waals surface area contributed by atoms with E-state index in [0.29, 0.717) is 0 Å². The molecule has 0 saturated carbocycles. The van der Waals surface area contributed by atoms with Crippen LogP contribution in [0.25, 0.3) is 11.1 Å². The van der Waals surface area contributed by atoms with Crippen molar-refractivity contribution < 1.29 is 62.5 Å². The van der Waals surface area contributed by atoms with Crippen molar-refractivity contribution in [3.8, 4) is 11.1 Å². The number of esters is 1. The van der Waals surface area contributed by atoms with Gasteiger partial charge in [0.2, 0.25) is 29.5 Å². The zero-order chi connectivity index (χ0) is 43.0. The van der Waals surface area contributed by atoms with Gasteiger partial charge in [-0.3, -0.25) is 28.8 Å². The van der Waals surface area contributed by atoms with Crippen LogP contribution in [0.5, 0.6) is 0 Å². The van der Waals surface area contributed by atoms with Crippen molar-refractivity contribution in [1.82, 2.24) is 31.9 Å². The van der Waals surface area contributed by atoms with Crippen LogP contribution in [0, 0.1) is 0 Å². The number of primary amides is 1. The number of fused-ring (bicyclic) bond motifs is 3.